The highest BCUT2D eigenvalue weighted by Crippen LogP contribution is 2.38. The number of carbonyl (C=O) groups excluding carboxylic acids is 2. The number of rotatable bonds is 10. The maximum atomic E-state index is 13.9. The number of aromatic amines is 1. The van der Waals surface area contributed by atoms with Gasteiger partial charge in [0, 0.05) is 12.6 Å². The minimum atomic E-state index is -4.31. The molecule has 1 aliphatic rings. The number of pyridine rings is 1. The first-order valence-corrected chi connectivity index (χ1v) is 14.2. The lowest BCUT2D eigenvalue weighted by Crippen LogP contribution is -2.40. The monoisotopic (exact) mass is 668 g/mol. The van der Waals surface area contributed by atoms with Crippen molar-refractivity contribution in [3.8, 4) is 5.88 Å². The number of imidazole rings is 1. The Kier molecular flexibility index (Phi) is 10.1. The van der Waals surface area contributed by atoms with E-state index in [1.54, 1.807) is 0 Å². The molecule has 0 spiro atoms. The SMILES string of the molecule is CC(C)(F)C(=O)NCc1ccc(Cl)c(Nc2nc3nc(OCC(F)F)c(C(=O)N[C@H]4CC[C@H](C(F)(F)F)CC4)cc3[nH]2)c1Cl. The van der Waals surface area contributed by atoms with Gasteiger partial charge in [0.05, 0.1) is 27.2 Å². The van der Waals surface area contributed by atoms with Gasteiger partial charge in [0.2, 0.25) is 11.8 Å². The van der Waals surface area contributed by atoms with E-state index < -0.39 is 54.5 Å². The van der Waals surface area contributed by atoms with Gasteiger partial charge in [-0.3, -0.25) is 9.59 Å². The molecule has 0 bridgehead atoms. The van der Waals surface area contributed by atoms with Gasteiger partial charge >= 0.3 is 6.18 Å². The van der Waals surface area contributed by atoms with E-state index in [0.29, 0.717) is 5.56 Å². The highest BCUT2D eigenvalue weighted by atomic mass is 35.5. The minimum absolute atomic E-state index is 0.0279. The lowest BCUT2D eigenvalue weighted by molar-refractivity contribution is -0.182. The molecule has 2 amide bonds. The molecule has 4 N–H and O–H groups in total. The summed E-state index contributed by atoms with van der Waals surface area (Å²) in [5.41, 5.74) is -1.61. The van der Waals surface area contributed by atoms with Crippen LogP contribution in [0.15, 0.2) is 18.2 Å². The number of fused-ring (bicyclic) bond motifs is 1. The number of alkyl halides is 6. The molecule has 4 rings (SSSR count). The van der Waals surface area contributed by atoms with Gasteiger partial charge in [-0.25, -0.2) is 13.2 Å². The molecule has 0 unspecified atom stereocenters. The minimum Gasteiger partial charge on any atom is -0.471 e. The van der Waals surface area contributed by atoms with Gasteiger partial charge in [-0.2, -0.15) is 23.1 Å². The number of aromatic nitrogens is 3. The van der Waals surface area contributed by atoms with Crippen LogP contribution in [0.25, 0.3) is 11.2 Å². The van der Waals surface area contributed by atoms with Crippen LogP contribution >= 0.6 is 23.2 Å². The van der Waals surface area contributed by atoms with Gasteiger partial charge in [0.25, 0.3) is 18.2 Å². The maximum absolute atomic E-state index is 13.9. The molecule has 1 aliphatic carbocycles. The van der Waals surface area contributed by atoms with Crippen molar-refractivity contribution in [2.45, 2.75) is 70.4 Å². The number of H-pyrrole nitrogens is 1. The van der Waals surface area contributed by atoms with Gasteiger partial charge in [-0.05, 0) is 57.2 Å². The lowest BCUT2D eigenvalue weighted by atomic mass is 9.85. The molecule has 44 heavy (non-hydrogen) atoms. The summed E-state index contributed by atoms with van der Waals surface area (Å²) in [6.45, 7) is 1.03. The van der Waals surface area contributed by atoms with Gasteiger partial charge in [-0.15, -0.1) is 0 Å². The van der Waals surface area contributed by atoms with Crippen molar-refractivity contribution < 1.29 is 40.7 Å². The Balaban J connectivity index is 1.56. The van der Waals surface area contributed by atoms with Gasteiger partial charge in [-0.1, -0.05) is 29.3 Å². The summed E-state index contributed by atoms with van der Waals surface area (Å²) in [6, 6.07) is 3.73. The zero-order valence-electron chi connectivity index (χ0n) is 23.3. The predicted molar refractivity (Wildman–Crippen MR) is 151 cm³/mol. The number of nitrogens with zero attached hydrogens (tertiary/aromatic N) is 2. The number of benzene rings is 1. The van der Waals surface area contributed by atoms with E-state index in [0.717, 1.165) is 13.8 Å². The molecule has 240 valence electrons. The van der Waals surface area contributed by atoms with Crippen molar-refractivity contribution in [2.75, 3.05) is 11.9 Å². The highest BCUT2D eigenvalue weighted by molar-refractivity contribution is 6.39. The molecular weight excluding hydrogens is 641 g/mol. The lowest BCUT2D eigenvalue weighted by Gasteiger charge is -2.30. The van der Waals surface area contributed by atoms with E-state index >= 15 is 0 Å². The zero-order valence-corrected chi connectivity index (χ0v) is 24.9. The molecule has 0 atom stereocenters. The normalized spacial score (nSPS) is 17.5. The largest absolute Gasteiger partial charge is 0.471 e. The number of halogens is 8. The molecule has 0 radical (unpaired) electrons. The second kappa shape index (κ2) is 13.3. The van der Waals surface area contributed by atoms with Gasteiger partial charge in [0.1, 0.15) is 5.56 Å². The summed E-state index contributed by atoms with van der Waals surface area (Å²) in [5, 5.41) is 8.20. The smallest absolute Gasteiger partial charge is 0.391 e. The highest BCUT2D eigenvalue weighted by Gasteiger charge is 2.41. The van der Waals surface area contributed by atoms with E-state index in [1.807, 2.05) is 0 Å². The fraction of sp³-hybridized carbons (Fsp3) is 0.481. The Morgan fingerprint density at radius 3 is 2.39 bits per heavy atom. The van der Waals surface area contributed by atoms with Crippen LogP contribution in [-0.4, -0.2) is 57.7 Å². The summed E-state index contributed by atoms with van der Waals surface area (Å²) in [4.78, 5) is 36.3. The second-order valence-electron chi connectivity index (χ2n) is 10.7. The summed E-state index contributed by atoms with van der Waals surface area (Å²) < 4.78 is 83.9. The third kappa shape index (κ3) is 8.17. The number of ether oxygens (including phenoxy) is 1. The van der Waals surface area contributed by atoms with Crippen LogP contribution in [0.2, 0.25) is 10.0 Å². The van der Waals surface area contributed by atoms with Crippen LogP contribution in [-0.2, 0) is 11.3 Å². The van der Waals surface area contributed by atoms with Crippen LogP contribution in [0.4, 0.5) is 38.0 Å². The summed E-state index contributed by atoms with van der Waals surface area (Å²) in [5.74, 6) is -3.47. The fourth-order valence-electron chi connectivity index (χ4n) is 4.58. The van der Waals surface area contributed by atoms with Crippen molar-refractivity contribution in [1.82, 2.24) is 25.6 Å². The number of nitrogens with one attached hydrogen (secondary N) is 4. The van der Waals surface area contributed by atoms with E-state index in [2.05, 4.69) is 30.9 Å². The van der Waals surface area contributed by atoms with Crippen LogP contribution in [0, 0.1) is 5.92 Å². The van der Waals surface area contributed by atoms with Crippen LogP contribution in [0.3, 0.4) is 0 Å². The Morgan fingerprint density at radius 2 is 1.77 bits per heavy atom. The first-order valence-electron chi connectivity index (χ1n) is 13.4. The molecule has 1 fully saturated rings. The number of hydrogen-bond acceptors (Lipinski definition) is 6. The quantitative estimate of drug-likeness (QED) is 0.175. The Bertz CT molecular complexity index is 1520. The summed E-state index contributed by atoms with van der Waals surface area (Å²) >= 11 is 12.8. The van der Waals surface area contributed by atoms with E-state index in [9.17, 15) is 35.9 Å². The summed E-state index contributed by atoms with van der Waals surface area (Å²) in [6.07, 6.45) is -7.31. The third-order valence-corrected chi connectivity index (χ3v) is 7.69. The molecule has 0 aliphatic heterocycles. The van der Waals surface area contributed by atoms with Crippen molar-refractivity contribution in [1.29, 1.82) is 0 Å². The Labute approximate surface area is 257 Å². The topological polar surface area (TPSA) is 121 Å². The fourth-order valence-corrected chi connectivity index (χ4v) is 5.11. The van der Waals surface area contributed by atoms with Gasteiger partial charge < -0.3 is 25.7 Å². The molecule has 9 nitrogen and oxygen atoms in total. The predicted octanol–water partition coefficient (Wildman–Crippen LogP) is 6.87. The van der Waals surface area contributed by atoms with Crippen LogP contribution in [0.5, 0.6) is 5.88 Å². The molecule has 2 heterocycles. The van der Waals surface area contributed by atoms with Crippen molar-refractivity contribution in [3.05, 3.63) is 39.4 Å². The second-order valence-corrected chi connectivity index (χ2v) is 11.5. The third-order valence-electron chi connectivity index (χ3n) is 6.95. The van der Waals surface area contributed by atoms with E-state index in [-0.39, 0.29) is 70.6 Å². The average molecular weight is 669 g/mol. The molecule has 2 aromatic heterocycles. The Hall–Kier alpha value is -3.46. The van der Waals surface area contributed by atoms with Crippen LogP contribution < -0.4 is 20.7 Å². The van der Waals surface area contributed by atoms with Crippen molar-refractivity contribution in [2.24, 2.45) is 5.92 Å². The molecule has 1 saturated carbocycles. The van der Waals surface area contributed by atoms with E-state index in [4.69, 9.17) is 27.9 Å². The van der Waals surface area contributed by atoms with Gasteiger partial charge in [0.15, 0.2) is 17.9 Å². The van der Waals surface area contributed by atoms with Crippen molar-refractivity contribution in [3.63, 3.8) is 0 Å². The maximum Gasteiger partial charge on any atom is 0.391 e. The van der Waals surface area contributed by atoms with Crippen LogP contribution in [0.1, 0.15) is 55.5 Å². The molecular formula is C27H28Cl2F6N6O3. The number of anilines is 2. The Morgan fingerprint density at radius 1 is 1.09 bits per heavy atom. The number of amides is 2. The zero-order chi connectivity index (χ0) is 32.4. The number of hydrogen-bond donors (Lipinski definition) is 4. The molecule has 1 aromatic carbocycles. The molecule has 17 heteroatoms. The first kappa shape index (κ1) is 33.4. The molecule has 0 saturated heterocycles. The van der Waals surface area contributed by atoms with E-state index in [1.165, 1.54) is 18.2 Å². The number of carbonyl (C=O) groups is 2. The first-order chi connectivity index (χ1) is 20.5. The van der Waals surface area contributed by atoms with Crippen molar-refractivity contribution >= 4 is 57.8 Å². The molecule has 3 aromatic rings. The summed E-state index contributed by atoms with van der Waals surface area (Å²) in [7, 11) is 0. The average Bonchev–Trinajstić information content (AvgIpc) is 3.33. The standard InChI is InChI=1S/C27H28Cl2F6N6O3/c1-26(2,32)24(43)36-10-12-3-8-16(28)20(19(12)29)39-25-38-17-9-15(23(40-21(17)41-25)44-11-18(30)31)22(42)37-14-6-4-13(5-7-14)27(33,34)35/h3,8-9,13-14,18H,4-7,10-11H2,1-2H3,(H,36,43)(H,37,42)(H2,38,39,40,41)/t13-,14-.